The van der Waals surface area contributed by atoms with Gasteiger partial charge in [-0.2, -0.15) is 0 Å². The van der Waals surface area contributed by atoms with Crippen LogP contribution in [0.25, 0.3) is 10.9 Å². The van der Waals surface area contributed by atoms with Gasteiger partial charge >= 0.3 is 0 Å². The highest BCUT2D eigenvalue weighted by molar-refractivity contribution is 7.09. The molecule has 0 saturated heterocycles. The maximum absolute atomic E-state index is 6.01. The summed E-state index contributed by atoms with van der Waals surface area (Å²) in [7, 11) is 0. The summed E-state index contributed by atoms with van der Waals surface area (Å²) in [5.41, 5.74) is 9.77. The van der Waals surface area contributed by atoms with Crippen LogP contribution < -0.4 is 5.73 Å². The predicted molar refractivity (Wildman–Crippen MR) is 90.0 cm³/mol. The number of hydrogen-bond donors (Lipinski definition) is 1. The van der Waals surface area contributed by atoms with Crippen molar-refractivity contribution < 1.29 is 0 Å². The first-order valence-electron chi connectivity index (χ1n) is 7.41. The van der Waals surface area contributed by atoms with Crippen molar-refractivity contribution >= 4 is 22.2 Å². The fourth-order valence-electron chi connectivity index (χ4n) is 2.84. The molecule has 2 N–H and O–H groups in total. The van der Waals surface area contributed by atoms with Crippen LogP contribution >= 0.6 is 11.3 Å². The van der Waals surface area contributed by atoms with E-state index in [1.807, 2.05) is 6.92 Å². The number of rotatable bonds is 5. The summed E-state index contributed by atoms with van der Waals surface area (Å²) >= 11 is 1.72. The Labute approximate surface area is 129 Å². The first-order chi connectivity index (χ1) is 10.2. The van der Waals surface area contributed by atoms with E-state index in [9.17, 15) is 0 Å². The van der Waals surface area contributed by atoms with E-state index in [2.05, 4.69) is 52.3 Å². The minimum atomic E-state index is 0.305. The number of benzene rings is 1. The third-order valence-electron chi connectivity index (χ3n) is 3.95. The minimum absolute atomic E-state index is 0.305. The molecule has 0 fully saturated rings. The van der Waals surface area contributed by atoms with Crippen LogP contribution in [-0.2, 0) is 13.0 Å². The zero-order valence-electron chi connectivity index (χ0n) is 12.5. The SMILES string of the molecule is CCn1cc(CC(CN)c2nc(C)cs2)c2ccccc21. The fourth-order valence-corrected chi connectivity index (χ4v) is 3.76. The van der Waals surface area contributed by atoms with Crippen molar-refractivity contribution in [1.29, 1.82) is 0 Å². The molecule has 3 nitrogen and oxygen atoms in total. The topological polar surface area (TPSA) is 43.8 Å². The van der Waals surface area contributed by atoms with E-state index in [1.165, 1.54) is 16.5 Å². The lowest BCUT2D eigenvalue weighted by Crippen LogP contribution is -2.14. The molecule has 2 aromatic heterocycles. The van der Waals surface area contributed by atoms with Crippen molar-refractivity contribution in [2.75, 3.05) is 6.54 Å². The molecule has 2 heterocycles. The third-order valence-corrected chi connectivity index (χ3v) is 5.07. The molecule has 3 rings (SSSR count). The molecular weight excluding hydrogens is 278 g/mol. The molecule has 0 aliphatic rings. The standard InChI is InChI=1S/C17H21N3S/c1-3-20-10-14(15-6-4-5-7-16(15)20)8-13(9-18)17-19-12(2)11-21-17/h4-7,10-11,13H,3,8-9,18H2,1-2H3. The van der Waals surface area contributed by atoms with Gasteiger partial charge in [-0.25, -0.2) is 4.98 Å². The highest BCUT2D eigenvalue weighted by atomic mass is 32.1. The summed E-state index contributed by atoms with van der Waals surface area (Å²) in [5, 5.41) is 4.60. The van der Waals surface area contributed by atoms with Gasteiger partial charge < -0.3 is 10.3 Å². The summed E-state index contributed by atoms with van der Waals surface area (Å²) in [6.07, 6.45) is 3.23. The second-order valence-corrected chi connectivity index (χ2v) is 6.31. The minimum Gasteiger partial charge on any atom is -0.347 e. The smallest absolute Gasteiger partial charge is 0.0975 e. The number of fused-ring (bicyclic) bond motifs is 1. The van der Waals surface area contributed by atoms with E-state index in [1.54, 1.807) is 11.3 Å². The van der Waals surface area contributed by atoms with E-state index in [0.29, 0.717) is 12.5 Å². The number of nitrogens with zero attached hydrogens (tertiary/aromatic N) is 2. The highest BCUT2D eigenvalue weighted by Gasteiger charge is 2.17. The number of aromatic nitrogens is 2. The molecule has 110 valence electrons. The highest BCUT2D eigenvalue weighted by Crippen LogP contribution is 2.28. The van der Waals surface area contributed by atoms with Crippen LogP contribution in [0.3, 0.4) is 0 Å². The Morgan fingerprint density at radius 2 is 2.14 bits per heavy atom. The van der Waals surface area contributed by atoms with Crippen molar-refractivity contribution in [3.05, 3.63) is 52.1 Å². The molecule has 3 aromatic rings. The zero-order chi connectivity index (χ0) is 14.8. The van der Waals surface area contributed by atoms with Gasteiger partial charge in [-0.1, -0.05) is 18.2 Å². The van der Waals surface area contributed by atoms with Gasteiger partial charge in [0.25, 0.3) is 0 Å². The van der Waals surface area contributed by atoms with Gasteiger partial charge in [0.05, 0.1) is 5.01 Å². The average Bonchev–Trinajstić information content (AvgIpc) is 3.09. The van der Waals surface area contributed by atoms with E-state index in [4.69, 9.17) is 5.73 Å². The Morgan fingerprint density at radius 1 is 1.33 bits per heavy atom. The molecule has 0 radical (unpaired) electrons. The second kappa shape index (κ2) is 6.00. The van der Waals surface area contributed by atoms with Gasteiger partial charge in [0, 0.05) is 47.2 Å². The van der Waals surface area contributed by atoms with Crippen molar-refractivity contribution in [2.24, 2.45) is 5.73 Å². The Bertz CT molecular complexity index is 741. The lowest BCUT2D eigenvalue weighted by Gasteiger charge is -2.11. The fraction of sp³-hybridized carbons (Fsp3) is 0.353. The van der Waals surface area contributed by atoms with Crippen molar-refractivity contribution in [3.63, 3.8) is 0 Å². The van der Waals surface area contributed by atoms with Gasteiger partial charge in [0.15, 0.2) is 0 Å². The van der Waals surface area contributed by atoms with E-state index in [-0.39, 0.29) is 0 Å². The van der Waals surface area contributed by atoms with Crippen LogP contribution in [0.1, 0.15) is 29.1 Å². The number of aryl methyl sites for hydroxylation is 2. The first-order valence-corrected chi connectivity index (χ1v) is 8.29. The van der Waals surface area contributed by atoms with Gasteiger partial charge in [-0.15, -0.1) is 11.3 Å². The number of nitrogens with two attached hydrogens (primary N) is 1. The Kier molecular flexibility index (Phi) is 4.08. The second-order valence-electron chi connectivity index (χ2n) is 5.42. The zero-order valence-corrected chi connectivity index (χ0v) is 13.4. The van der Waals surface area contributed by atoms with Gasteiger partial charge in [-0.3, -0.25) is 0 Å². The number of thiazole rings is 1. The third kappa shape index (κ3) is 2.74. The summed E-state index contributed by atoms with van der Waals surface area (Å²) in [6, 6.07) is 8.60. The van der Waals surface area contributed by atoms with Gasteiger partial charge in [0.1, 0.15) is 0 Å². The molecule has 0 spiro atoms. The average molecular weight is 299 g/mol. The largest absolute Gasteiger partial charge is 0.347 e. The maximum Gasteiger partial charge on any atom is 0.0975 e. The maximum atomic E-state index is 6.01. The molecule has 0 aliphatic heterocycles. The molecule has 1 aromatic carbocycles. The lowest BCUT2D eigenvalue weighted by molar-refractivity contribution is 0.685. The first kappa shape index (κ1) is 14.3. The monoisotopic (exact) mass is 299 g/mol. The Balaban J connectivity index is 1.97. The summed E-state index contributed by atoms with van der Waals surface area (Å²) in [6.45, 7) is 5.85. The van der Waals surface area contributed by atoms with Crippen molar-refractivity contribution in [1.82, 2.24) is 9.55 Å². The summed E-state index contributed by atoms with van der Waals surface area (Å²) < 4.78 is 2.31. The quantitative estimate of drug-likeness (QED) is 0.780. The normalized spacial score (nSPS) is 12.9. The van der Waals surface area contributed by atoms with Crippen LogP contribution in [0, 0.1) is 6.92 Å². The van der Waals surface area contributed by atoms with Gasteiger partial charge in [-0.05, 0) is 31.9 Å². The Hall–Kier alpha value is -1.65. The molecule has 1 unspecified atom stereocenters. The van der Waals surface area contributed by atoms with Crippen LogP contribution in [0.15, 0.2) is 35.8 Å². The summed E-state index contributed by atoms with van der Waals surface area (Å²) in [5.74, 6) is 0.305. The van der Waals surface area contributed by atoms with Gasteiger partial charge in [0.2, 0.25) is 0 Å². The van der Waals surface area contributed by atoms with E-state index >= 15 is 0 Å². The summed E-state index contributed by atoms with van der Waals surface area (Å²) in [4.78, 5) is 4.62. The lowest BCUT2D eigenvalue weighted by atomic mass is 9.99. The van der Waals surface area contributed by atoms with Crippen LogP contribution in [0.2, 0.25) is 0 Å². The molecule has 21 heavy (non-hydrogen) atoms. The molecule has 0 bridgehead atoms. The van der Waals surface area contributed by atoms with Crippen molar-refractivity contribution in [3.8, 4) is 0 Å². The molecular formula is C17H21N3S. The molecule has 1 atom stereocenters. The Morgan fingerprint density at radius 3 is 2.81 bits per heavy atom. The predicted octanol–water partition coefficient (Wildman–Crippen LogP) is 3.71. The molecule has 0 aliphatic carbocycles. The molecule has 4 heteroatoms. The number of para-hydroxylation sites is 1. The molecule has 0 saturated carbocycles. The van der Waals surface area contributed by atoms with Crippen molar-refractivity contribution in [2.45, 2.75) is 32.7 Å². The molecule has 0 amide bonds. The van der Waals surface area contributed by atoms with Crippen LogP contribution in [0.4, 0.5) is 0 Å². The van der Waals surface area contributed by atoms with Crippen LogP contribution in [-0.4, -0.2) is 16.1 Å². The number of hydrogen-bond acceptors (Lipinski definition) is 3. The van der Waals surface area contributed by atoms with E-state index < -0.39 is 0 Å². The van der Waals surface area contributed by atoms with E-state index in [0.717, 1.165) is 23.7 Å². The van der Waals surface area contributed by atoms with Crippen LogP contribution in [0.5, 0.6) is 0 Å².